The van der Waals surface area contributed by atoms with Crippen molar-refractivity contribution >= 4 is 22.7 Å². The van der Waals surface area contributed by atoms with Crippen LogP contribution >= 0.6 is 0 Å². The van der Waals surface area contributed by atoms with E-state index < -0.39 is 11.2 Å². The summed E-state index contributed by atoms with van der Waals surface area (Å²) >= 11 is 0. The number of carbonyl (C=O) groups is 2. The van der Waals surface area contributed by atoms with Gasteiger partial charge in [-0.1, -0.05) is 26.0 Å². The van der Waals surface area contributed by atoms with E-state index in [1.807, 2.05) is 13.8 Å². The van der Waals surface area contributed by atoms with Gasteiger partial charge in [-0.25, -0.2) is 4.79 Å². The number of hydrogen-bond donors (Lipinski definition) is 2. The zero-order valence-electron chi connectivity index (χ0n) is 22.8. The highest BCUT2D eigenvalue weighted by atomic mass is 16.5. The number of fused-ring (bicyclic) bond motifs is 1. The van der Waals surface area contributed by atoms with E-state index in [2.05, 4.69) is 24.5 Å². The van der Waals surface area contributed by atoms with Gasteiger partial charge in [0.05, 0.1) is 31.7 Å². The number of amides is 2. The van der Waals surface area contributed by atoms with E-state index in [0.717, 1.165) is 11.0 Å². The van der Waals surface area contributed by atoms with E-state index >= 15 is 0 Å². The van der Waals surface area contributed by atoms with Crippen molar-refractivity contribution in [2.45, 2.75) is 53.2 Å². The number of carbonyl (C=O) groups excluding carboxylic acids is 2. The zero-order valence-corrected chi connectivity index (χ0v) is 22.8. The monoisotopic (exact) mass is 524 g/mol. The maximum absolute atomic E-state index is 13.5. The molecule has 0 aliphatic carbocycles. The topological polar surface area (TPSA) is 121 Å². The van der Waals surface area contributed by atoms with Gasteiger partial charge < -0.3 is 20.1 Å². The molecule has 1 heterocycles. The van der Waals surface area contributed by atoms with Crippen LogP contribution in [0.5, 0.6) is 11.5 Å². The third kappa shape index (κ3) is 6.62. The molecule has 10 nitrogen and oxygen atoms in total. The lowest BCUT2D eigenvalue weighted by Gasteiger charge is -2.17. The maximum Gasteiger partial charge on any atom is 0.332 e. The summed E-state index contributed by atoms with van der Waals surface area (Å²) < 4.78 is 13.1. The van der Waals surface area contributed by atoms with Crippen LogP contribution in [0.15, 0.2) is 46.0 Å². The van der Waals surface area contributed by atoms with Gasteiger partial charge in [-0.3, -0.25) is 23.5 Å². The smallest absolute Gasteiger partial charge is 0.332 e. The van der Waals surface area contributed by atoms with Crippen LogP contribution in [0, 0.1) is 5.92 Å². The van der Waals surface area contributed by atoms with E-state index in [9.17, 15) is 19.2 Å². The Kier molecular flexibility index (Phi) is 9.33. The number of nitrogens with zero attached hydrogens (tertiary/aromatic N) is 2. The fraction of sp³-hybridized carbons (Fsp3) is 0.429. The summed E-state index contributed by atoms with van der Waals surface area (Å²) in [5.74, 6) is 0.598. The fourth-order valence-corrected chi connectivity index (χ4v) is 4.07. The summed E-state index contributed by atoms with van der Waals surface area (Å²) in [5, 5.41) is 5.87. The van der Waals surface area contributed by atoms with Gasteiger partial charge in [-0.2, -0.15) is 0 Å². The Hall–Kier alpha value is -4.08. The van der Waals surface area contributed by atoms with Gasteiger partial charge in [0, 0.05) is 24.2 Å². The molecule has 0 radical (unpaired) electrons. The molecule has 0 unspecified atom stereocenters. The van der Waals surface area contributed by atoms with Gasteiger partial charge in [0.2, 0.25) is 5.91 Å². The van der Waals surface area contributed by atoms with E-state index in [4.69, 9.17) is 9.47 Å². The van der Waals surface area contributed by atoms with Crippen molar-refractivity contribution in [3.05, 3.63) is 68.4 Å². The van der Waals surface area contributed by atoms with E-state index in [1.165, 1.54) is 30.9 Å². The summed E-state index contributed by atoms with van der Waals surface area (Å²) in [4.78, 5) is 52.0. The molecule has 0 aliphatic rings. The molecule has 0 saturated carbocycles. The van der Waals surface area contributed by atoms with Crippen molar-refractivity contribution in [2.75, 3.05) is 20.8 Å². The van der Waals surface area contributed by atoms with E-state index in [0.29, 0.717) is 35.1 Å². The SMILES string of the molecule is COc1cc2c(=O)n(Cc3ccc(C(=O)NCCC(C)C)cc3)c(=O)n(CC(=O)NC(C)C)c2cc1OC. The molecule has 38 heavy (non-hydrogen) atoms. The van der Waals surface area contributed by atoms with Gasteiger partial charge in [-0.05, 0) is 49.9 Å². The third-order valence-electron chi connectivity index (χ3n) is 6.05. The lowest BCUT2D eigenvalue weighted by atomic mass is 10.1. The minimum absolute atomic E-state index is 0.0387. The molecule has 2 N–H and O–H groups in total. The standard InChI is InChI=1S/C28H36N4O6/c1-17(2)11-12-29-26(34)20-9-7-19(8-10-20)15-32-27(35)21-13-23(37-5)24(38-6)14-22(21)31(28(32)36)16-25(33)30-18(3)4/h7-10,13-14,17-18H,11-12,15-16H2,1-6H3,(H,29,34)(H,30,33). The number of rotatable bonds is 11. The number of methoxy groups -OCH3 is 2. The van der Waals surface area contributed by atoms with E-state index in [1.54, 1.807) is 24.3 Å². The Morgan fingerprint density at radius 1 is 0.921 bits per heavy atom. The predicted molar refractivity (Wildman–Crippen MR) is 146 cm³/mol. The first-order valence-corrected chi connectivity index (χ1v) is 12.6. The molecular formula is C28H36N4O6. The number of aromatic nitrogens is 2. The van der Waals surface area contributed by atoms with Crippen molar-refractivity contribution in [3.8, 4) is 11.5 Å². The minimum atomic E-state index is -0.635. The molecule has 2 aromatic carbocycles. The Balaban J connectivity index is 2.03. The molecule has 1 aromatic heterocycles. The third-order valence-corrected chi connectivity index (χ3v) is 6.05. The molecule has 0 aliphatic heterocycles. The molecule has 0 saturated heterocycles. The van der Waals surface area contributed by atoms with Crippen LogP contribution in [-0.4, -0.2) is 47.8 Å². The maximum atomic E-state index is 13.5. The summed E-state index contributed by atoms with van der Waals surface area (Å²) in [7, 11) is 2.90. The molecule has 2 amide bonds. The van der Waals surface area contributed by atoms with Gasteiger partial charge in [-0.15, -0.1) is 0 Å². The van der Waals surface area contributed by atoms with E-state index in [-0.39, 0.29) is 41.8 Å². The molecule has 0 spiro atoms. The zero-order chi connectivity index (χ0) is 28.0. The fourth-order valence-electron chi connectivity index (χ4n) is 4.07. The van der Waals surface area contributed by atoms with Crippen molar-refractivity contribution < 1.29 is 19.1 Å². The number of benzene rings is 2. The highest BCUT2D eigenvalue weighted by Crippen LogP contribution is 2.30. The van der Waals surface area contributed by atoms with Crippen molar-refractivity contribution in [2.24, 2.45) is 5.92 Å². The van der Waals surface area contributed by atoms with Crippen molar-refractivity contribution in [3.63, 3.8) is 0 Å². The molecule has 3 rings (SSSR count). The summed E-state index contributed by atoms with van der Waals surface area (Å²) in [6, 6.07) is 9.65. The first-order valence-electron chi connectivity index (χ1n) is 12.6. The quantitative estimate of drug-likeness (QED) is 0.398. The van der Waals surface area contributed by atoms with Crippen LogP contribution in [0.1, 0.15) is 50.0 Å². The summed E-state index contributed by atoms with van der Waals surface area (Å²) in [5.41, 5.74) is 0.247. The average Bonchev–Trinajstić information content (AvgIpc) is 2.87. The summed E-state index contributed by atoms with van der Waals surface area (Å²) in [6.07, 6.45) is 0.882. The van der Waals surface area contributed by atoms with Crippen molar-refractivity contribution in [1.29, 1.82) is 0 Å². The Morgan fingerprint density at radius 3 is 2.13 bits per heavy atom. The normalized spacial score (nSPS) is 11.2. The first kappa shape index (κ1) is 28.5. The number of nitrogens with one attached hydrogen (secondary N) is 2. The van der Waals surface area contributed by atoms with Gasteiger partial charge in [0.25, 0.3) is 11.5 Å². The van der Waals surface area contributed by atoms with Crippen LogP contribution in [0.4, 0.5) is 0 Å². The molecular weight excluding hydrogens is 488 g/mol. The number of ether oxygens (including phenoxy) is 2. The molecule has 0 bridgehead atoms. The molecule has 0 fully saturated rings. The highest BCUT2D eigenvalue weighted by molar-refractivity contribution is 5.94. The summed E-state index contributed by atoms with van der Waals surface area (Å²) in [6.45, 7) is 8.09. The molecule has 0 atom stereocenters. The van der Waals surface area contributed by atoms with Crippen LogP contribution in [0.25, 0.3) is 10.9 Å². The van der Waals surface area contributed by atoms with Crippen molar-refractivity contribution in [1.82, 2.24) is 19.8 Å². The molecule has 10 heteroatoms. The molecule has 204 valence electrons. The number of hydrogen-bond acceptors (Lipinski definition) is 6. The highest BCUT2D eigenvalue weighted by Gasteiger charge is 2.19. The van der Waals surface area contributed by atoms with Crippen LogP contribution in [0.2, 0.25) is 0 Å². The largest absolute Gasteiger partial charge is 0.493 e. The first-order chi connectivity index (χ1) is 18.0. The second-order valence-electron chi connectivity index (χ2n) is 9.84. The lowest BCUT2D eigenvalue weighted by Crippen LogP contribution is -2.43. The van der Waals surface area contributed by atoms with Crippen LogP contribution < -0.4 is 31.4 Å². The Morgan fingerprint density at radius 2 is 1.55 bits per heavy atom. The molecule has 3 aromatic rings. The van der Waals surface area contributed by atoms with Gasteiger partial charge >= 0.3 is 5.69 Å². The van der Waals surface area contributed by atoms with Crippen LogP contribution in [-0.2, 0) is 17.9 Å². The Bertz CT molecular complexity index is 1420. The second-order valence-corrected chi connectivity index (χ2v) is 9.84. The lowest BCUT2D eigenvalue weighted by molar-refractivity contribution is -0.122. The Labute approximate surface area is 221 Å². The minimum Gasteiger partial charge on any atom is -0.493 e. The van der Waals surface area contributed by atoms with Gasteiger partial charge in [0.15, 0.2) is 11.5 Å². The van der Waals surface area contributed by atoms with Crippen LogP contribution in [0.3, 0.4) is 0 Å². The average molecular weight is 525 g/mol. The predicted octanol–water partition coefficient (Wildman–Crippen LogP) is 2.53. The second kappa shape index (κ2) is 12.4. The van der Waals surface area contributed by atoms with Gasteiger partial charge in [0.1, 0.15) is 6.54 Å².